The summed E-state index contributed by atoms with van der Waals surface area (Å²) in [6.07, 6.45) is 5.52. The minimum atomic E-state index is -0.619. The fraction of sp³-hybridized carbons (Fsp3) is 0.292. The molecule has 0 bridgehead atoms. The van der Waals surface area contributed by atoms with E-state index in [0.717, 1.165) is 59.9 Å². The van der Waals surface area contributed by atoms with Crippen molar-refractivity contribution in [3.05, 3.63) is 143 Å². The van der Waals surface area contributed by atoms with Gasteiger partial charge >= 0.3 is 23.9 Å². The van der Waals surface area contributed by atoms with Crippen LogP contribution in [0.15, 0.2) is 104 Å². The number of ether oxygens (including phenoxy) is 7. The van der Waals surface area contributed by atoms with Crippen molar-refractivity contribution in [1.82, 2.24) is 0 Å². The van der Waals surface area contributed by atoms with Gasteiger partial charge in [0, 0.05) is 43.6 Å². The van der Waals surface area contributed by atoms with Crippen molar-refractivity contribution in [2.45, 2.75) is 64.1 Å². The number of epoxide rings is 1. The number of rotatable bonds is 18. The Morgan fingerprint density at radius 1 is 0.754 bits per heavy atom. The quantitative estimate of drug-likeness (QED) is 0.0274. The minimum Gasteiger partial charge on any atom is -0.491 e. The Kier molecular flexibility index (Phi) is 15.8. The van der Waals surface area contributed by atoms with Crippen molar-refractivity contribution in [3.63, 3.8) is 0 Å². The molecule has 0 saturated carbocycles. The zero-order valence-corrected chi connectivity index (χ0v) is 37.9. The van der Waals surface area contributed by atoms with Gasteiger partial charge in [0.15, 0.2) is 11.6 Å². The van der Waals surface area contributed by atoms with Crippen LogP contribution in [0.1, 0.15) is 80.4 Å². The first-order chi connectivity index (χ1) is 29.1. The summed E-state index contributed by atoms with van der Waals surface area (Å²) >= 11 is 0. The Balaban J connectivity index is 0.00000622. The van der Waals surface area contributed by atoms with E-state index < -0.39 is 35.8 Å². The molecule has 2 aliphatic rings. The summed E-state index contributed by atoms with van der Waals surface area (Å²) < 4.78 is 53.3. The molecule has 314 valence electrons. The first kappa shape index (κ1) is 45.1. The number of fused-ring (bicyclic) bond motifs is 2. The SMILES string of the molecule is C=CC(=O)OCCOc1ccc2cc(C(=O)Oc3ccc(OC(=O)c4ccc5c(c4)CCC(OC(=O)c4ccc(OCCCC6CO6)c(F)c4)C5)c(CCC)c3)ccc2c1.[U]. The zero-order valence-electron chi connectivity index (χ0n) is 33.7. The molecule has 1 aliphatic carbocycles. The fourth-order valence-electron chi connectivity index (χ4n) is 6.95. The van der Waals surface area contributed by atoms with Gasteiger partial charge in [0.05, 0.1) is 36.0 Å². The van der Waals surface area contributed by atoms with E-state index >= 15 is 0 Å². The average molecular weight is 1050 g/mol. The molecular weight excluding hydrogens is 1010 g/mol. The molecule has 1 saturated heterocycles. The second-order valence-electron chi connectivity index (χ2n) is 14.6. The van der Waals surface area contributed by atoms with E-state index in [2.05, 4.69) is 6.58 Å². The van der Waals surface area contributed by atoms with Crippen molar-refractivity contribution in [1.29, 1.82) is 0 Å². The van der Waals surface area contributed by atoms with E-state index in [9.17, 15) is 23.6 Å². The van der Waals surface area contributed by atoms with Gasteiger partial charge in [-0.25, -0.2) is 23.6 Å². The summed E-state index contributed by atoms with van der Waals surface area (Å²) in [5.41, 5.74) is 3.47. The van der Waals surface area contributed by atoms with Crippen molar-refractivity contribution in [2.24, 2.45) is 0 Å². The number of carbonyl (C=O) groups excluding carboxylic acids is 4. The first-order valence-corrected chi connectivity index (χ1v) is 20.1. The van der Waals surface area contributed by atoms with Crippen LogP contribution in [0.2, 0.25) is 0 Å². The van der Waals surface area contributed by atoms with Crippen LogP contribution < -0.4 is 18.9 Å². The van der Waals surface area contributed by atoms with Crippen molar-refractivity contribution in [2.75, 3.05) is 26.4 Å². The van der Waals surface area contributed by atoms with Gasteiger partial charge in [-0.05, 0) is 132 Å². The molecule has 0 aromatic heterocycles. The molecule has 61 heavy (non-hydrogen) atoms. The fourth-order valence-corrected chi connectivity index (χ4v) is 6.95. The molecular formula is C48H45FO11U. The van der Waals surface area contributed by atoms with Crippen LogP contribution in [-0.4, -0.2) is 62.5 Å². The third kappa shape index (κ3) is 12.3. The Bertz CT molecular complexity index is 2410. The van der Waals surface area contributed by atoms with Gasteiger partial charge in [-0.1, -0.05) is 38.1 Å². The van der Waals surface area contributed by atoms with E-state index in [1.807, 2.05) is 25.1 Å². The minimum absolute atomic E-state index is 0. The zero-order chi connectivity index (χ0) is 42.0. The molecule has 7 rings (SSSR count). The molecule has 2 atom stereocenters. The molecule has 0 N–H and O–H groups in total. The van der Waals surface area contributed by atoms with Gasteiger partial charge in [-0.2, -0.15) is 0 Å². The number of hydrogen-bond acceptors (Lipinski definition) is 11. The molecule has 0 spiro atoms. The maximum Gasteiger partial charge on any atom is 0.343 e. The number of aryl methyl sites for hydroxylation is 2. The van der Waals surface area contributed by atoms with Crippen LogP contribution in [0, 0.1) is 36.9 Å². The van der Waals surface area contributed by atoms with Gasteiger partial charge in [0.1, 0.15) is 36.6 Å². The van der Waals surface area contributed by atoms with Crippen molar-refractivity contribution >= 4 is 34.6 Å². The Labute approximate surface area is 376 Å². The van der Waals surface area contributed by atoms with Gasteiger partial charge in [0.2, 0.25) is 0 Å². The number of esters is 4. The standard InChI is InChI=1S/C48H45FO11.U/c1-3-6-34-27-40(59-46(51)35-10-8-32-25-38(15-12-30(32)23-35)54-21-22-56-45(50)4-2)17-19-43(34)60-48(53)36-11-9-33-26-39(16-13-31(33)24-36)58-47(52)37-14-18-44(42(49)28-37)55-20-5-7-41-29-57-41;/h4,8-12,14-15,17-19,23-25,27-28,39,41H,2-3,5-7,13,16,20-22,26,29H2,1H3;. The van der Waals surface area contributed by atoms with E-state index in [0.29, 0.717) is 72.3 Å². The van der Waals surface area contributed by atoms with Crippen molar-refractivity contribution in [3.8, 4) is 23.0 Å². The predicted molar refractivity (Wildman–Crippen MR) is 219 cm³/mol. The molecule has 0 radical (unpaired) electrons. The maximum absolute atomic E-state index is 14.7. The van der Waals surface area contributed by atoms with Gasteiger partial charge in [-0.15, -0.1) is 0 Å². The van der Waals surface area contributed by atoms with Gasteiger partial charge in [0.25, 0.3) is 0 Å². The molecule has 5 aromatic rings. The van der Waals surface area contributed by atoms with E-state index in [1.54, 1.807) is 54.6 Å². The van der Waals surface area contributed by atoms with Gasteiger partial charge < -0.3 is 33.2 Å². The third-order valence-electron chi connectivity index (χ3n) is 10.2. The topological polar surface area (TPSA) is 136 Å². The van der Waals surface area contributed by atoms with E-state index in [1.165, 1.54) is 12.1 Å². The van der Waals surface area contributed by atoms with E-state index in [-0.39, 0.29) is 55.6 Å². The summed E-state index contributed by atoms with van der Waals surface area (Å²) in [7, 11) is 0. The van der Waals surface area contributed by atoms with Crippen LogP contribution in [0.25, 0.3) is 10.8 Å². The average Bonchev–Trinajstić information content (AvgIpc) is 4.09. The Morgan fingerprint density at radius 3 is 2.25 bits per heavy atom. The normalized spacial score (nSPS) is 15.0. The smallest absolute Gasteiger partial charge is 0.343 e. The number of carbonyl (C=O) groups is 4. The molecule has 1 aliphatic heterocycles. The molecule has 11 nitrogen and oxygen atoms in total. The summed E-state index contributed by atoms with van der Waals surface area (Å²) in [6, 6.07) is 25.0. The maximum atomic E-state index is 14.7. The Morgan fingerprint density at radius 2 is 1.46 bits per heavy atom. The molecule has 13 heteroatoms. The van der Waals surface area contributed by atoms with Crippen LogP contribution >= 0.6 is 0 Å². The molecule has 5 aromatic carbocycles. The van der Waals surface area contributed by atoms with E-state index in [4.69, 9.17) is 33.2 Å². The summed E-state index contributed by atoms with van der Waals surface area (Å²) in [4.78, 5) is 50.7. The number of hydrogen-bond donors (Lipinski definition) is 0. The number of benzene rings is 5. The van der Waals surface area contributed by atoms with Crippen LogP contribution in [0.4, 0.5) is 4.39 Å². The third-order valence-corrected chi connectivity index (χ3v) is 10.2. The predicted octanol–water partition coefficient (Wildman–Crippen LogP) is 8.75. The van der Waals surface area contributed by atoms with Gasteiger partial charge in [-0.3, -0.25) is 0 Å². The summed E-state index contributed by atoms with van der Waals surface area (Å²) in [5.74, 6) is -1.45. The number of halogens is 1. The molecule has 1 heterocycles. The van der Waals surface area contributed by atoms with Crippen molar-refractivity contribution < 1.29 is 87.8 Å². The van der Waals surface area contributed by atoms with Crippen LogP contribution in [0.3, 0.4) is 0 Å². The summed E-state index contributed by atoms with van der Waals surface area (Å²) in [5, 5.41) is 1.66. The largest absolute Gasteiger partial charge is 0.491 e. The second kappa shape index (κ2) is 21.4. The molecule has 1 fully saturated rings. The monoisotopic (exact) mass is 1050 g/mol. The first-order valence-electron chi connectivity index (χ1n) is 20.1. The molecule has 0 amide bonds. The molecule has 2 unspecified atom stereocenters. The van der Waals surface area contributed by atoms with Crippen LogP contribution in [0.5, 0.6) is 23.0 Å². The van der Waals surface area contributed by atoms with Crippen LogP contribution in [-0.2, 0) is 38.3 Å². The summed E-state index contributed by atoms with van der Waals surface area (Å²) in [6.45, 7) is 6.77. The second-order valence-corrected chi connectivity index (χ2v) is 14.6. The Hall–Kier alpha value is -5.48.